The number of benzene rings is 1. The van der Waals surface area contributed by atoms with Gasteiger partial charge >= 0.3 is 12.0 Å². The molecule has 0 saturated carbocycles. The number of rotatable bonds is 6. The summed E-state index contributed by atoms with van der Waals surface area (Å²) in [6, 6.07) is 7.98. The van der Waals surface area contributed by atoms with E-state index in [2.05, 4.69) is 20.2 Å². The van der Waals surface area contributed by atoms with E-state index >= 15 is 0 Å². The first-order valence-corrected chi connectivity index (χ1v) is 7.04. The van der Waals surface area contributed by atoms with Crippen molar-refractivity contribution in [1.29, 1.82) is 0 Å². The smallest absolute Gasteiger partial charge is 0.326 e. The lowest BCUT2D eigenvalue weighted by atomic mass is 10.1. The quantitative estimate of drug-likeness (QED) is 0.754. The first-order valence-electron chi connectivity index (χ1n) is 6.27. The Labute approximate surface area is 125 Å². The Morgan fingerprint density at radius 2 is 2.05 bits per heavy atom. The zero-order valence-electron chi connectivity index (χ0n) is 11.0. The van der Waals surface area contributed by atoms with Crippen molar-refractivity contribution in [3.63, 3.8) is 0 Å². The fourth-order valence-corrected chi connectivity index (χ4v) is 2.16. The average Bonchev–Trinajstić information content (AvgIpc) is 2.97. The van der Waals surface area contributed by atoms with Crippen molar-refractivity contribution < 1.29 is 14.7 Å². The average molecular weight is 306 g/mol. The van der Waals surface area contributed by atoms with E-state index in [4.69, 9.17) is 5.11 Å². The van der Waals surface area contributed by atoms with E-state index in [1.165, 1.54) is 6.20 Å². The second-order valence-electron chi connectivity index (χ2n) is 4.30. The molecule has 1 heterocycles. The Morgan fingerprint density at radius 1 is 1.29 bits per heavy atom. The normalized spacial score (nSPS) is 11.6. The van der Waals surface area contributed by atoms with Crippen molar-refractivity contribution in [3.05, 3.63) is 42.1 Å². The van der Waals surface area contributed by atoms with Crippen LogP contribution in [0, 0.1) is 0 Å². The van der Waals surface area contributed by atoms with Gasteiger partial charge in [-0.05, 0) is 18.4 Å². The Bertz CT molecular complexity index is 589. The number of urea groups is 1. The number of carbonyl (C=O) groups is 2. The number of hydrogen-bond acceptors (Lipinski definition) is 5. The maximum absolute atomic E-state index is 11.7. The van der Waals surface area contributed by atoms with Gasteiger partial charge in [0, 0.05) is 11.5 Å². The molecule has 1 aromatic carbocycles. The largest absolute Gasteiger partial charge is 0.480 e. The zero-order chi connectivity index (χ0) is 15.1. The lowest BCUT2D eigenvalue weighted by Gasteiger charge is -2.14. The summed E-state index contributed by atoms with van der Waals surface area (Å²) < 4.78 is 3.60. The van der Waals surface area contributed by atoms with Gasteiger partial charge in [-0.2, -0.15) is 0 Å². The topological polar surface area (TPSA) is 104 Å². The molecule has 1 atom stereocenters. The minimum Gasteiger partial charge on any atom is -0.480 e. The summed E-state index contributed by atoms with van der Waals surface area (Å²) >= 11 is 1.02. The fourth-order valence-electron chi connectivity index (χ4n) is 1.74. The van der Waals surface area contributed by atoms with Crippen LogP contribution in [0.15, 0.2) is 36.5 Å². The third-order valence-corrected chi connectivity index (χ3v) is 3.35. The van der Waals surface area contributed by atoms with Gasteiger partial charge in [0.05, 0.1) is 6.20 Å². The molecule has 110 valence electrons. The Hall–Kier alpha value is -2.48. The number of amides is 2. The number of nitrogens with one attached hydrogen (secondary N) is 2. The maximum atomic E-state index is 11.7. The molecule has 2 aromatic rings. The van der Waals surface area contributed by atoms with Gasteiger partial charge in [0.1, 0.15) is 11.0 Å². The van der Waals surface area contributed by atoms with Crippen molar-refractivity contribution in [2.24, 2.45) is 0 Å². The summed E-state index contributed by atoms with van der Waals surface area (Å²) in [4.78, 5) is 22.9. The third kappa shape index (κ3) is 4.84. The van der Waals surface area contributed by atoms with E-state index in [1.54, 1.807) is 0 Å². The third-order valence-electron chi connectivity index (χ3n) is 2.77. The molecule has 21 heavy (non-hydrogen) atoms. The van der Waals surface area contributed by atoms with Gasteiger partial charge in [-0.1, -0.05) is 34.8 Å². The van der Waals surface area contributed by atoms with E-state index in [0.29, 0.717) is 17.8 Å². The maximum Gasteiger partial charge on any atom is 0.326 e. The number of hydrogen-bond donors (Lipinski definition) is 3. The molecular formula is C13H14N4O3S. The minimum absolute atomic E-state index is 0.313. The highest BCUT2D eigenvalue weighted by Crippen LogP contribution is 2.09. The molecular weight excluding hydrogens is 292 g/mol. The van der Waals surface area contributed by atoms with Gasteiger partial charge in [-0.25, -0.2) is 9.59 Å². The van der Waals surface area contributed by atoms with Crippen LogP contribution in [0.2, 0.25) is 0 Å². The van der Waals surface area contributed by atoms with Crippen LogP contribution in [0.5, 0.6) is 0 Å². The zero-order valence-corrected chi connectivity index (χ0v) is 11.8. The van der Waals surface area contributed by atoms with Gasteiger partial charge < -0.3 is 10.4 Å². The SMILES string of the molecule is O=C(Nc1cnns1)NC(CCc1ccccc1)C(=O)O. The van der Waals surface area contributed by atoms with Gasteiger partial charge in [0.2, 0.25) is 0 Å². The predicted molar refractivity (Wildman–Crippen MR) is 78.3 cm³/mol. The van der Waals surface area contributed by atoms with Gasteiger partial charge in [0.15, 0.2) is 0 Å². The first kappa shape index (κ1) is 14.9. The molecule has 2 amide bonds. The van der Waals surface area contributed by atoms with Crippen LogP contribution in [-0.2, 0) is 11.2 Å². The summed E-state index contributed by atoms with van der Waals surface area (Å²) in [5, 5.41) is 18.1. The minimum atomic E-state index is -1.07. The predicted octanol–water partition coefficient (Wildman–Crippen LogP) is 1.75. The van der Waals surface area contributed by atoms with Crippen molar-refractivity contribution in [2.45, 2.75) is 18.9 Å². The van der Waals surface area contributed by atoms with Crippen molar-refractivity contribution in [3.8, 4) is 0 Å². The molecule has 0 fully saturated rings. The number of aryl methyl sites for hydroxylation is 1. The molecule has 0 aliphatic heterocycles. The van der Waals surface area contributed by atoms with E-state index < -0.39 is 18.0 Å². The Balaban J connectivity index is 1.87. The van der Waals surface area contributed by atoms with Gasteiger partial charge in [0.25, 0.3) is 0 Å². The number of anilines is 1. The molecule has 0 saturated heterocycles. The molecule has 1 unspecified atom stereocenters. The van der Waals surface area contributed by atoms with Crippen LogP contribution >= 0.6 is 11.5 Å². The highest BCUT2D eigenvalue weighted by molar-refractivity contribution is 7.10. The summed E-state index contributed by atoms with van der Waals surface area (Å²) in [5.74, 6) is -1.07. The molecule has 0 aliphatic carbocycles. The standard InChI is InChI=1S/C13H14N4O3S/c18-12(19)10(7-6-9-4-2-1-3-5-9)15-13(20)16-11-8-14-17-21-11/h1-5,8,10H,6-7H2,(H,18,19)(H2,15,16,20). The number of carboxylic acids is 1. The van der Waals surface area contributed by atoms with Crippen LogP contribution in [-0.4, -0.2) is 32.7 Å². The van der Waals surface area contributed by atoms with Crippen molar-refractivity contribution in [2.75, 3.05) is 5.32 Å². The Morgan fingerprint density at radius 3 is 2.67 bits per heavy atom. The molecule has 3 N–H and O–H groups in total. The molecule has 8 heteroatoms. The van der Waals surface area contributed by atoms with E-state index in [9.17, 15) is 9.59 Å². The van der Waals surface area contributed by atoms with Gasteiger partial charge in [-0.3, -0.25) is 5.32 Å². The molecule has 0 bridgehead atoms. The summed E-state index contributed by atoms with van der Waals surface area (Å²) in [5.41, 5.74) is 1.03. The van der Waals surface area contributed by atoms with Crippen molar-refractivity contribution in [1.82, 2.24) is 14.9 Å². The number of aromatic nitrogens is 2. The Kier molecular flexibility index (Phi) is 5.22. The second kappa shape index (κ2) is 7.34. The lowest BCUT2D eigenvalue weighted by molar-refractivity contribution is -0.139. The first-order chi connectivity index (χ1) is 10.1. The molecule has 1 aromatic heterocycles. The van der Waals surface area contributed by atoms with E-state index in [-0.39, 0.29) is 0 Å². The van der Waals surface area contributed by atoms with E-state index in [0.717, 1.165) is 17.1 Å². The highest BCUT2D eigenvalue weighted by atomic mass is 32.1. The molecule has 2 rings (SSSR count). The van der Waals surface area contributed by atoms with Crippen LogP contribution in [0.4, 0.5) is 9.80 Å². The van der Waals surface area contributed by atoms with Crippen LogP contribution < -0.4 is 10.6 Å². The number of carbonyl (C=O) groups excluding carboxylic acids is 1. The molecule has 0 aliphatic rings. The second-order valence-corrected chi connectivity index (χ2v) is 5.08. The molecule has 0 spiro atoms. The monoisotopic (exact) mass is 306 g/mol. The summed E-state index contributed by atoms with van der Waals surface area (Å²) in [6.45, 7) is 0. The number of carboxylic acid groups (broad SMARTS) is 1. The lowest BCUT2D eigenvalue weighted by Crippen LogP contribution is -2.43. The summed E-state index contributed by atoms with van der Waals surface area (Å²) in [7, 11) is 0. The van der Waals surface area contributed by atoms with E-state index in [1.807, 2.05) is 30.3 Å². The molecule has 7 nitrogen and oxygen atoms in total. The number of aliphatic carboxylic acids is 1. The fraction of sp³-hybridized carbons (Fsp3) is 0.231. The number of nitrogens with zero attached hydrogens (tertiary/aromatic N) is 2. The highest BCUT2D eigenvalue weighted by Gasteiger charge is 2.20. The van der Waals surface area contributed by atoms with Crippen molar-refractivity contribution >= 4 is 28.5 Å². The van der Waals surface area contributed by atoms with Crippen LogP contribution in [0.3, 0.4) is 0 Å². The van der Waals surface area contributed by atoms with Gasteiger partial charge in [-0.15, -0.1) is 5.10 Å². The van der Waals surface area contributed by atoms with Crippen LogP contribution in [0.1, 0.15) is 12.0 Å². The van der Waals surface area contributed by atoms with Crippen LogP contribution in [0.25, 0.3) is 0 Å². The summed E-state index contributed by atoms with van der Waals surface area (Å²) in [6.07, 6.45) is 2.28. The molecule has 0 radical (unpaired) electrons.